The molecule has 0 fully saturated rings. The van der Waals surface area contributed by atoms with Crippen LogP contribution in [0.4, 0.5) is 8.78 Å². The molecular formula is C8H4BrF2N. The summed E-state index contributed by atoms with van der Waals surface area (Å²) in [5, 5.41) is 8.32. The third-order valence-corrected chi connectivity index (χ3v) is 2.24. The van der Waals surface area contributed by atoms with Crippen molar-refractivity contribution in [1.29, 1.82) is 5.26 Å². The summed E-state index contributed by atoms with van der Waals surface area (Å²) in [4.78, 5) is 0. The zero-order valence-electron chi connectivity index (χ0n) is 5.94. The summed E-state index contributed by atoms with van der Waals surface area (Å²) in [7, 11) is 0. The number of halogens is 3. The molecule has 0 aliphatic carbocycles. The number of rotatable bonds is 1. The highest BCUT2D eigenvalue weighted by Gasteiger charge is 2.09. The van der Waals surface area contributed by atoms with Gasteiger partial charge in [-0.3, -0.25) is 0 Å². The lowest BCUT2D eigenvalue weighted by atomic mass is 10.1. The maximum absolute atomic E-state index is 12.8. The highest BCUT2D eigenvalue weighted by molar-refractivity contribution is 9.10. The minimum absolute atomic E-state index is 0.0315. The molecule has 0 unspecified atom stereocenters. The van der Waals surface area contributed by atoms with E-state index < -0.39 is 11.6 Å². The lowest BCUT2D eigenvalue weighted by Crippen LogP contribution is -1.91. The van der Waals surface area contributed by atoms with E-state index in [1.54, 1.807) is 0 Å². The number of nitrogens with zero attached hydrogens (tertiary/aromatic N) is 1. The molecule has 0 saturated carbocycles. The topological polar surface area (TPSA) is 23.8 Å². The molecule has 0 amide bonds. The van der Waals surface area contributed by atoms with Gasteiger partial charge in [0.15, 0.2) is 11.6 Å². The van der Waals surface area contributed by atoms with Crippen LogP contribution in [0.3, 0.4) is 0 Å². The molecule has 1 nitrogen and oxygen atoms in total. The second-order valence-corrected chi connectivity index (χ2v) is 2.96. The van der Waals surface area contributed by atoms with E-state index in [-0.39, 0.29) is 10.9 Å². The molecule has 1 aromatic carbocycles. The molecule has 0 radical (unpaired) electrons. The second-order valence-electron chi connectivity index (χ2n) is 2.17. The van der Waals surface area contributed by atoms with Gasteiger partial charge in [0, 0.05) is 0 Å². The van der Waals surface area contributed by atoms with Crippen molar-refractivity contribution in [2.75, 3.05) is 0 Å². The lowest BCUT2D eigenvalue weighted by Gasteiger charge is -2.00. The molecule has 0 spiro atoms. The summed E-state index contributed by atoms with van der Waals surface area (Å²) in [5.41, 5.74) is 0.455. The Labute approximate surface area is 76.8 Å². The van der Waals surface area contributed by atoms with Crippen molar-refractivity contribution in [1.82, 2.24) is 0 Å². The summed E-state index contributed by atoms with van der Waals surface area (Å²) in [6, 6.07) is 4.24. The zero-order chi connectivity index (χ0) is 9.14. The molecule has 0 heterocycles. The van der Waals surface area contributed by atoms with E-state index in [1.165, 1.54) is 6.07 Å². The van der Waals surface area contributed by atoms with Crippen molar-refractivity contribution >= 4 is 15.9 Å². The monoisotopic (exact) mass is 231 g/mol. The Bertz CT molecular complexity index is 344. The van der Waals surface area contributed by atoms with E-state index in [0.717, 1.165) is 6.07 Å². The number of hydrogen-bond acceptors (Lipinski definition) is 1. The first-order valence-corrected chi connectivity index (χ1v) is 3.95. The lowest BCUT2D eigenvalue weighted by molar-refractivity contribution is 0.503. The maximum atomic E-state index is 12.8. The van der Waals surface area contributed by atoms with Gasteiger partial charge in [0.1, 0.15) is 0 Å². The third kappa shape index (κ3) is 1.62. The van der Waals surface area contributed by atoms with E-state index >= 15 is 0 Å². The quantitative estimate of drug-likeness (QED) is 0.683. The zero-order valence-corrected chi connectivity index (χ0v) is 7.53. The normalized spacial score (nSPS) is 9.50. The summed E-state index contributed by atoms with van der Waals surface area (Å²) in [6.07, 6.45) is 0.0672. The Balaban J connectivity index is 3.19. The first-order chi connectivity index (χ1) is 5.66. The predicted octanol–water partition coefficient (Wildman–Crippen LogP) is 2.79. The van der Waals surface area contributed by atoms with E-state index in [1.807, 2.05) is 6.07 Å². The fraction of sp³-hybridized carbons (Fsp3) is 0.125. The van der Waals surface area contributed by atoms with Crippen molar-refractivity contribution in [3.8, 4) is 6.07 Å². The molecule has 0 aliphatic heterocycles. The molecule has 1 rings (SSSR count). The molecule has 12 heavy (non-hydrogen) atoms. The van der Waals surface area contributed by atoms with Crippen LogP contribution in [0.25, 0.3) is 0 Å². The van der Waals surface area contributed by atoms with Gasteiger partial charge in [-0.1, -0.05) is 6.07 Å². The fourth-order valence-corrected chi connectivity index (χ4v) is 1.25. The van der Waals surface area contributed by atoms with E-state index in [2.05, 4.69) is 15.9 Å². The van der Waals surface area contributed by atoms with Crippen LogP contribution in [0.2, 0.25) is 0 Å². The molecule has 0 N–H and O–H groups in total. The maximum Gasteiger partial charge on any atom is 0.173 e. The van der Waals surface area contributed by atoms with Crippen LogP contribution in [0.1, 0.15) is 5.56 Å². The van der Waals surface area contributed by atoms with Crippen LogP contribution in [-0.4, -0.2) is 0 Å². The van der Waals surface area contributed by atoms with Gasteiger partial charge in [-0.25, -0.2) is 8.78 Å². The van der Waals surface area contributed by atoms with Crippen LogP contribution in [0, 0.1) is 23.0 Å². The third-order valence-electron chi connectivity index (χ3n) is 1.38. The van der Waals surface area contributed by atoms with Crippen LogP contribution in [-0.2, 0) is 6.42 Å². The van der Waals surface area contributed by atoms with E-state index in [0.29, 0.717) is 5.56 Å². The van der Waals surface area contributed by atoms with Crippen LogP contribution in [0.5, 0.6) is 0 Å². The molecule has 0 atom stereocenters. The predicted molar refractivity (Wildman–Crippen MR) is 43.4 cm³/mol. The van der Waals surface area contributed by atoms with Crippen molar-refractivity contribution in [2.45, 2.75) is 6.42 Å². The molecular weight excluding hydrogens is 228 g/mol. The molecule has 4 heteroatoms. The molecule has 0 aromatic heterocycles. The molecule has 0 saturated heterocycles. The first kappa shape index (κ1) is 9.14. The van der Waals surface area contributed by atoms with Crippen molar-refractivity contribution in [2.24, 2.45) is 0 Å². The standard InChI is InChI=1S/C8H4BrF2N/c9-7-5(3-4-12)1-2-6(10)8(7)11/h1-2H,3H2. The Morgan fingerprint density at radius 3 is 2.67 bits per heavy atom. The Morgan fingerprint density at radius 2 is 2.08 bits per heavy atom. The minimum atomic E-state index is -0.942. The Morgan fingerprint density at radius 1 is 1.42 bits per heavy atom. The molecule has 0 aliphatic rings. The van der Waals surface area contributed by atoms with Gasteiger partial charge >= 0.3 is 0 Å². The Kier molecular flexibility index (Phi) is 2.77. The summed E-state index contributed by atoms with van der Waals surface area (Å²) < 4.78 is 25.3. The summed E-state index contributed by atoms with van der Waals surface area (Å²) in [6.45, 7) is 0. The van der Waals surface area contributed by atoms with Crippen molar-refractivity contribution in [3.63, 3.8) is 0 Å². The van der Waals surface area contributed by atoms with Gasteiger partial charge in [-0.2, -0.15) is 5.26 Å². The Hall–Kier alpha value is -0.950. The fourth-order valence-electron chi connectivity index (χ4n) is 0.788. The average Bonchev–Trinajstić information content (AvgIpc) is 2.07. The number of hydrogen-bond donors (Lipinski definition) is 0. The van der Waals surface area contributed by atoms with Gasteiger partial charge in [-0.05, 0) is 27.6 Å². The van der Waals surface area contributed by atoms with E-state index in [4.69, 9.17) is 5.26 Å². The van der Waals surface area contributed by atoms with Crippen molar-refractivity contribution < 1.29 is 8.78 Å². The minimum Gasteiger partial charge on any atom is -0.204 e. The van der Waals surface area contributed by atoms with Gasteiger partial charge in [0.05, 0.1) is 17.0 Å². The van der Waals surface area contributed by atoms with Crippen molar-refractivity contribution in [3.05, 3.63) is 33.8 Å². The summed E-state index contributed by atoms with van der Waals surface area (Å²) in [5.74, 6) is -1.86. The highest BCUT2D eigenvalue weighted by Crippen LogP contribution is 2.22. The molecule has 1 aromatic rings. The van der Waals surface area contributed by atoms with Gasteiger partial charge in [0.25, 0.3) is 0 Å². The number of nitriles is 1. The largest absolute Gasteiger partial charge is 0.204 e. The van der Waals surface area contributed by atoms with Crippen LogP contribution < -0.4 is 0 Å². The van der Waals surface area contributed by atoms with Crippen LogP contribution in [0.15, 0.2) is 16.6 Å². The molecule has 0 bridgehead atoms. The smallest absolute Gasteiger partial charge is 0.173 e. The van der Waals surface area contributed by atoms with E-state index in [9.17, 15) is 8.78 Å². The number of benzene rings is 1. The average molecular weight is 232 g/mol. The van der Waals surface area contributed by atoms with Gasteiger partial charge < -0.3 is 0 Å². The summed E-state index contributed by atoms with van der Waals surface area (Å²) >= 11 is 2.87. The SMILES string of the molecule is N#CCc1ccc(F)c(F)c1Br. The van der Waals surface area contributed by atoms with Gasteiger partial charge in [0.2, 0.25) is 0 Å². The second kappa shape index (κ2) is 3.63. The van der Waals surface area contributed by atoms with Crippen LogP contribution >= 0.6 is 15.9 Å². The molecule has 62 valence electrons. The highest BCUT2D eigenvalue weighted by atomic mass is 79.9. The first-order valence-electron chi connectivity index (χ1n) is 3.16. The van der Waals surface area contributed by atoms with Gasteiger partial charge in [-0.15, -0.1) is 0 Å².